The molecule has 4 heteroatoms. The van der Waals surface area contributed by atoms with Gasteiger partial charge in [0.1, 0.15) is 5.76 Å². The number of furan rings is 1. The van der Waals surface area contributed by atoms with E-state index in [1.54, 1.807) is 6.26 Å². The van der Waals surface area contributed by atoms with Crippen LogP contribution in [0.15, 0.2) is 22.8 Å². The Balaban J connectivity index is 2.15. The first-order valence-electron chi connectivity index (χ1n) is 4.66. The molecule has 78 valence electrons. The summed E-state index contributed by atoms with van der Waals surface area (Å²) in [6.45, 7) is 2.61. The van der Waals surface area contributed by atoms with Crippen LogP contribution < -0.4 is 5.32 Å². The first kappa shape index (κ1) is 10.8. The molecule has 1 heterocycles. The van der Waals surface area contributed by atoms with E-state index in [0.717, 1.165) is 5.76 Å². The Bertz CT molecular complexity index is 269. The van der Waals surface area contributed by atoms with Gasteiger partial charge in [-0.15, -0.1) is 0 Å². The standard InChI is InChI=1S/C10H15NO3/c1-8(4-5-10(12)13)11-7-9-3-2-6-14-9/h2-3,6,8,11H,4-5,7H2,1H3,(H,12,13). The van der Waals surface area contributed by atoms with E-state index in [-0.39, 0.29) is 12.5 Å². The normalized spacial score (nSPS) is 12.6. The van der Waals surface area contributed by atoms with Crippen molar-refractivity contribution < 1.29 is 14.3 Å². The summed E-state index contributed by atoms with van der Waals surface area (Å²) in [6.07, 6.45) is 2.46. The predicted octanol–water partition coefficient (Wildman–Crippen LogP) is 1.62. The van der Waals surface area contributed by atoms with Gasteiger partial charge in [-0.1, -0.05) is 0 Å². The maximum absolute atomic E-state index is 10.3. The monoisotopic (exact) mass is 197 g/mol. The fourth-order valence-electron chi connectivity index (χ4n) is 1.13. The van der Waals surface area contributed by atoms with Gasteiger partial charge in [-0.25, -0.2) is 0 Å². The molecule has 1 aromatic rings. The molecule has 0 aliphatic rings. The Morgan fingerprint density at radius 3 is 3.07 bits per heavy atom. The molecule has 2 N–H and O–H groups in total. The predicted molar refractivity (Wildman–Crippen MR) is 51.9 cm³/mol. The minimum atomic E-state index is -0.753. The first-order chi connectivity index (χ1) is 6.68. The number of nitrogens with one attached hydrogen (secondary N) is 1. The van der Waals surface area contributed by atoms with E-state index < -0.39 is 5.97 Å². The highest BCUT2D eigenvalue weighted by Gasteiger charge is 2.05. The van der Waals surface area contributed by atoms with Gasteiger partial charge in [0.15, 0.2) is 0 Å². The summed E-state index contributed by atoms with van der Waals surface area (Å²) in [5, 5.41) is 11.7. The zero-order valence-electron chi connectivity index (χ0n) is 8.19. The first-order valence-corrected chi connectivity index (χ1v) is 4.66. The third-order valence-corrected chi connectivity index (χ3v) is 2.00. The van der Waals surface area contributed by atoms with Crippen molar-refractivity contribution >= 4 is 5.97 Å². The van der Waals surface area contributed by atoms with Crippen LogP contribution in [-0.4, -0.2) is 17.1 Å². The molecule has 0 aliphatic heterocycles. The zero-order valence-corrected chi connectivity index (χ0v) is 8.19. The quantitative estimate of drug-likeness (QED) is 0.727. The van der Waals surface area contributed by atoms with Gasteiger partial charge in [-0.3, -0.25) is 4.79 Å². The van der Waals surface area contributed by atoms with Crippen molar-refractivity contribution in [2.45, 2.75) is 32.4 Å². The highest BCUT2D eigenvalue weighted by Crippen LogP contribution is 2.01. The third kappa shape index (κ3) is 4.09. The van der Waals surface area contributed by atoms with E-state index in [1.807, 2.05) is 19.1 Å². The molecule has 1 atom stereocenters. The molecular formula is C10H15NO3. The number of rotatable bonds is 6. The van der Waals surface area contributed by atoms with Gasteiger partial charge in [0.2, 0.25) is 0 Å². The summed E-state index contributed by atoms with van der Waals surface area (Å²) in [5.41, 5.74) is 0. The lowest BCUT2D eigenvalue weighted by Crippen LogP contribution is -2.25. The maximum Gasteiger partial charge on any atom is 0.303 e. The van der Waals surface area contributed by atoms with Crippen molar-refractivity contribution in [1.82, 2.24) is 5.32 Å². The summed E-state index contributed by atoms with van der Waals surface area (Å²) in [4.78, 5) is 10.3. The second-order valence-corrected chi connectivity index (χ2v) is 3.29. The molecule has 4 nitrogen and oxygen atoms in total. The molecule has 0 amide bonds. The number of hydrogen-bond acceptors (Lipinski definition) is 3. The third-order valence-electron chi connectivity index (χ3n) is 2.00. The number of carboxylic acid groups (broad SMARTS) is 1. The molecule has 1 aromatic heterocycles. The molecule has 0 bridgehead atoms. The van der Waals surface area contributed by atoms with E-state index in [1.165, 1.54) is 0 Å². The van der Waals surface area contributed by atoms with E-state index in [2.05, 4.69) is 5.32 Å². The number of carboxylic acids is 1. The van der Waals surface area contributed by atoms with E-state index >= 15 is 0 Å². The fourth-order valence-corrected chi connectivity index (χ4v) is 1.13. The number of aliphatic carboxylic acids is 1. The van der Waals surface area contributed by atoms with Crippen molar-refractivity contribution in [2.75, 3.05) is 0 Å². The average molecular weight is 197 g/mol. The Labute approximate surface area is 82.9 Å². The van der Waals surface area contributed by atoms with Crippen LogP contribution in [0.5, 0.6) is 0 Å². The van der Waals surface area contributed by atoms with Crippen molar-refractivity contribution in [3.05, 3.63) is 24.2 Å². The molecule has 0 saturated heterocycles. The molecule has 1 unspecified atom stereocenters. The Morgan fingerprint density at radius 1 is 1.71 bits per heavy atom. The topological polar surface area (TPSA) is 62.5 Å². The van der Waals surface area contributed by atoms with Crippen LogP contribution in [0.4, 0.5) is 0 Å². The van der Waals surface area contributed by atoms with Gasteiger partial charge in [0, 0.05) is 12.5 Å². The smallest absolute Gasteiger partial charge is 0.303 e. The molecule has 1 rings (SSSR count). The lowest BCUT2D eigenvalue weighted by molar-refractivity contribution is -0.137. The van der Waals surface area contributed by atoms with Gasteiger partial charge >= 0.3 is 5.97 Å². The van der Waals surface area contributed by atoms with Crippen LogP contribution in [0.2, 0.25) is 0 Å². The zero-order chi connectivity index (χ0) is 10.4. The average Bonchev–Trinajstić information content (AvgIpc) is 2.63. The van der Waals surface area contributed by atoms with Crippen LogP contribution >= 0.6 is 0 Å². The van der Waals surface area contributed by atoms with Gasteiger partial charge in [0.05, 0.1) is 12.8 Å². The second-order valence-electron chi connectivity index (χ2n) is 3.29. The molecule has 0 aromatic carbocycles. The molecule has 0 aliphatic carbocycles. The minimum Gasteiger partial charge on any atom is -0.481 e. The summed E-state index contributed by atoms with van der Waals surface area (Å²) in [6, 6.07) is 3.91. The van der Waals surface area contributed by atoms with Crippen LogP contribution in [0.25, 0.3) is 0 Å². The second kappa shape index (κ2) is 5.44. The summed E-state index contributed by atoms with van der Waals surface area (Å²) in [7, 11) is 0. The fraction of sp³-hybridized carbons (Fsp3) is 0.500. The van der Waals surface area contributed by atoms with Gasteiger partial charge in [0.25, 0.3) is 0 Å². The largest absolute Gasteiger partial charge is 0.481 e. The molecule has 0 saturated carbocycles. The molecule has 0 spiro atoms. The summed E-state index contributed by atoms with van der Waals surface area (Å²) in [5.74, 6) is 0.115. The lowest BCUT2D eigenvalue weighted by Gasteiger charge is -2.10. The van der Waals surface area contributed by atoms with E-state index in [9.17, 15) is 4.79 Å². The maximum atomic E-state index is 10.3. The van der Waals surface area contributed by atoms with Crippen molar-refractivity contribution in [3.8, 4) is 0 Å². The molecule has 14 heavy (non-hydrogen) atoms. The molecule has 0 radical (unpaired) electrons. The Hall–Kier alpha value is -1.29. The van der Waals surface area contributed by atoms with Gasteiger partial charge in [-0.2, -0.15) is 0 Å². The highest BCUT2D eigenvalue weighted by atomic mass is 16.4. The molecular weight excluding hydrogens is 182 g/mol. The van der Waals surface area contributed by atoms with Crippen molar-refractivity contribution in [2.24, 2.45) is 0 Å². The Morgan fingerprint density at radius 2 is 2.50 bits per heavy atom. The summed E-state index contributed by atoms with van der Waals surface area (Å²) >= 11 is 0. The lowest BCUT2D eigenvalue weighted by atomic mass is 10.2. The molecule has 0 fully saturated rings. The Kier molecular flexibility index (Phi) is 4.19. The number of carbonyl (C=O) groups is 1. The minimum absolute atomic E-state index is 0.191. The SMILES string of the molecule is CC(CCC(=O)O)NCc1ccco1. The van der Waals surface area contributed by atoms with Gasteiger partial charge < -0.3 is 14.8 Å². The van der Waals surface area contributed by atoms with Crippen molar-refractivity contribution in [1.29, 1.82) is 0 Å². The van der Waals surface area contributed by atoms with E-state index in [4.69, 9.17) is 9.52 Å². The van der Waals surface area contributed by atoms with Crippen LogP contribution in [0.3, 0.4) is 0 Å². The van der Waals surface area contributed by atoms with Crippen LogP contribution in [-0.2, 0) is 11.3 Å². The number of hydrogen-bond donors (Lipinski definition) is 2. The summed E-state index contributed by atoms with van der Waals surface area (Å²) < 4.78 is 5.13. The van der Waals surface area contributed by atoms with Crippen molar-refractivity contribution in [3.63, 3.8) is 0 Å². The highest BCUT2D eigenvalue weighted by molar-refractivity contribution is 5.66. The van der Waals surface area contributed by atoms with Crippen LogP contribution in [0.1, 0.15) is 25.5 Å². The van der Waals surface area contributed by atoms with Crippen LogP contribution in [0, 0.1) is 0 Å². The van der Waals surface area contributed by atoms with Gasteiger partial charge in [-0.05, 0) is 25.5 Å². The van der Waals surface area contributed by atoms with E-state index in [0.29, 0.717) is 13.0 Å².